The lowest BCUT2D eigenvalue weighted by molar-refractivity contribution is -0.0201. The third-order valence-corrected chi connectivity index (χ3v) is 4.62. The van der Waals surface area contributed by atoms with Gasteiger partial charge in [-0.2, -0.15) is 0 Å². The van der Waals surface area contributed by atoms with Crippen LogP contribution in [0.5, 0.6) is 0 Å². The van der Waals surface area contributed by atoms with Gasteiger partial charge in [0.05, 0.1) is 11.7 Å². The molecule has 0 N–H and O–H groups in total. The maximum absolute atomic E-state index is 6.11. The lowest BCUT2D eigenvalue weighted by atomic mass is 9.93. The van der Waals surface area contributed by atoms with Crippen molar-refractivity contribution in [1.29, 1.82) is 0 Å². The van der Waals surface area contributed by atoms with Gasteiger partial charge in [0.25, 0.3) is 0 Å². The summed E-state index contributed by atoms with van der Waals surface area (Å²) in [5, 5.41) is 1.01. The van der Waals surface area contributed by atoms with E-state index in [1.54, 1.807) is 0 Å². The fourth-order valence-electron chi connectivity index (χ4n) is 2.69. The molecule has 2 rings (SSSR count). The largest absolute Gasteiger partial charge is 0.372 e. The Morgan fingerprint density at radius 2 is 2.00 bits per heavy atom. The number of hydrogen-bond donors (Lipinski definition) is 0. The lowest BCUT2D eigenvalue weighted by Gasteiger charge is -2.22. The summed E-state index contributed by atoms with van der Waals surface area (Å²) in [5.74, 6) is 0.560. The Kier molecular flexibility index (Phi) is 4.50. The van der Waals surface area contributed by atoms with Crippen molar-refractivity contribution >= 4 is 15.9 Å². The van der Waals surface area contributed by atoms with Gasteiger partial charge in [0, 0.05) is 5.33 Å². The molecule has 2 unspecified atom stereocenters. The van der Waals surface area contributed by atoms with E-state index in [4.69, 9.17) is 4.74 Å². The fourth-order valence-corrected chi connectivity index (χ4v) is 3.33. The fraction of sp³-hybridized carbons (Fsp3) is 0.625. The molecule has 1 aliphatic heterocycles. The minimum Gasteiger partial charge on any atom is -0.372 e. The van der Waals surface area contributed by atoms with Gasteiger partial charge in [0.15, 0.2) is 0 Å². The summed E-state index contributed by atoms with van der Waals surface area (Å²) in [7, 11) is 0. The van der Waals surface area contributed by atoms with Crippen molar-refractivity contribution in [3.8, 4) is 0 Å². The highest BCUT2D eigenvalue weighted by Gasteiger charge is 2.32. The van der Waals surface area contributed by atoms with E-state index in [9.17, 15) is 0 Å². The second-order valence-corrected chi connectivity index (χ2v) is 6.68. The zero-order valence-corrected chi connectivity index (χ0v) is 13.2. The van der Waals surface area contributed by atoms with Crippen molar-refractivity contribution in [2.45, 2.75) is 57.7 Å². The quantitative estimate of drug-likeness (QED) is 0.724. The molecule has 0 aliphatic carbocycles. The summed E-state index contributed by atoms with van der Waals surface area (Å²) in [6, 6.07) is 8.90. The lowest BCUT2D eigenvalue weighted by Crippen LogP contribution is -2.21. The van der Waals surface area contributed by atoms with Crippen LogP contribution in [0.15, 0.2) is 24.3 Å². The maximum Gasteiger partial charge on any atom is 0.0631 e. The molecule has 1 nitrogen and oxygen atoms in total. The molecule has 2 heteroatoms. The molecule has 0 radical (unpaired) electrons. The molecule has 18 heavy (non-hydrogen) atoms. The number of ether oxygens (including phenoxy) is 1. The van der Waals surface area contributed by atoms with Crippen LogP contribution in [0.3, 0.4) is 0 Å². The molecular formula is C16H23BrO. The van der Waals surface area contributed by atoms with Crippen molar-refractivity contribution < 1.29 is 4.74 Å². The van der Waals surface area contributed by atoms with E-state index in [-0.39, 0.29) is 5.60 Å². The zero-order chi connectivity index (χ0) is 13.2. The second kappa shape index (κ2) is 5.75. The average Bonchev–Trinajstić information content (AvgIpc) is 2.67. The van der Waals surface area contributed by atoms with E-state index < -0.39 is 0 Å². The summed E-state index contributed by atoms with van der Waals surface area (Å²) in [6.45, 7) is 6.53. The monoisotopic (exact) mass is 310 g/mol. The molecule has 2 atom stereocenters. The summed E-state index contributed by atoms with van der Waals surface area (Å²) < 4.78 is 6.11. The van der Waals surface area contributed by atoms with Crippen molar-refractivity contribution in [1.82, 2.24) is 0 Å². The third kappa shape index (κ3) is 3.58. The first-order valence-electron chi connectivity index (χ1n) is 6.80. The van der Waals surface area contributed by atoms with Crippen molar-refractivity contribution in [3.63, 3.8) is 0 Å². The van der Waals surface area contributed by atoms with Crippen LogP contribution in [-0.4, -0.2) is 17.0 Å². The molecule has 1 aliphatic rings. The van der Waals surface area contributed by atoms with Gasteiger partial charge in [-0.25, -0.2) is 0 Å². The highest BCUT2D eigenvalue weighted by Crippen LogP contribution is 2.35. The van der Waals surface area contributed by atoms with Crippen LogP contribution >= 0.6 is 15.9 Å². The molecule has 0 saturated carbocycles. The van der Waals surface area contributed by atoms with E-state index in [2.05, 4.69) is 61.0 Å². The summed E-state index contributed by atoms with van der Waals surface area (Å²) in [6.07, 6.45) is 3.92. The predicted molar refractivity (Wildman–Crippen MR) is 80.5 cm³/mol. The van der Waals surface area contributed by atoms with E-state index in [0.717, 1.165) is 11.8 Å². The van der Waals surface area contributed by atoms with Crippen LogP contribution in [0.1, 0.15) is 50.2 Å². The first kappa shape index (κ1) is 14.1. The van der Waals surface area contributed by atoms with Gasteiger partial charge >= 0.3 is 0 Å². The Hall–Kier alpha value is -0.340. The molecule has 0 amide bonds. The van der Waals surface area contributed by atoms with Crippen molar-refractivity contribution in [2.24, 2.45) is 0 Å². The van der Waals surface area contributed by atoms with Crippen molar-refractivity contribution in [3.05, 3.63) is 35.4 Å². The van der Waals surface area contributed by atoms with Gasteiger partial charge < -0.3 is 4.74 Å². The van der Waals surface area contributed by atoms with Gasteiger partial charge in [0.1, 0.15) is 0 Å². The molecule has 1 aromatic rings. The number of halogens is 1. The van der Waals surface area contributed by atoms with Gasteiger partial charge in [0.2, 0.25) is 0 Å². The number of alkyl halides is 1. The Balaban J connectivity index is 2.00. The number of hydrogen-bond acceptors (Lipinski definition) is 1. The Bertz CT molecular complexity index is 383. The summed E-state index contributed by atoms with van der Waals surface area (Å²) >= 11 is 3.65. The molecule has 1 fully saturated rings. The normalized spacial score (nSPS) is 24.1. The standard InChI is InChI=1S/C16H23BrO/c1-12-4-6-13(7-5-12)14(11-17)10-15-8-9-16(2,3)18-15/h4-7,14-15H,8-11H2,1-3H3. The minimum atomic E-state index is 0.0782. The van der Waals surface area contributed by atoms with Gasteiger partial charge in [-0.15, -0.1) is 0 Å². The van der Waals surface area contributed by atoms with Gasteiger partial charge in [-0.05, 0) is 51.5 Å². The zero-order valence-electron chi connectivity index (χ0n) is 11.6. The SMILES string of the molecule is Cc1ccc(C(CBr)CC2CCC(C)(C)O2)cc1. The topological polar surface area (TPSA) is 9.23 Å². The van der Waals surface area contributed by atoms with Crippen LogP contribution in [0, 0.1) is 6.92 Å². The first-order chi connectivity index (χ1) is 8.50. The third-order valence-electron chi connectivity index (χ3n) is 3.84. The van der Waals surface area contributed by atoms with Crippen LogP contribution in [0.25, 0.3) is 0 Å². The molecule has 1 aromatic carbocycles. The van der Waals surface area contributed by atoms with Crippen LogP contribution in [-0.2, 0) is 4.74 Å². The molecule has 1 heterocycles. The second-order valence-electron chi connectivity index (χ2n) is 6.04. The first-order valence-corrected chi connectivity index (χ1v) is 7.93. The van der Waals surface area contributed by atoms with Gasteiger partial charge in [-0.3, -0.25) is 0 Å². The Morgan fingerprint density at radius 3 is 2.50 bits per heavy atom. The maximum atomic E-state index is 6.11. The van der Waals surface area contributed by atoms with Crippen LogP contribution in [0.4, 0.5) is 0 Å². The highest BCUT2D eigenvalue weighted by atomic mass is 79.9. The van der Waals surface area contributed by atoms with Crippen LogP contribution < -0.4 is 0 Å². The molecule has 1 saturated heterocycles. The van der Waals surface area contributed by atoms with E-state index in [1.807, 2.05) is 0 Å². The number of rotatable bonds is 4. The smallest absolute Gasteiger partial charge is 0.0631 e. The summed E-state index contributed by atoms with van der Waals surface area (Å²) in [5.41, 5.74) is 2.82. The molecular weight excluding hydrogens is 288 g/mol. The van der Waals surface area contributed by atoms with E-state index >= 15 is 0 Å². The molecule has 0 aromatic heterocycles. The molecule has 0 bridgehead atoms. The van der Waals surface area contributed by atoms with Gasteiger partial charge in [-0.1, -0.05) is 45.8 Å². The molecule has 0 spiro atoms. The predicted octanol–water partition coefficient (Wildman–Crippen LogP) is 4.82. The minimum absolute atomic E-state index is 0.0782. The van der Waals surface area contributed by atoms with Crippen LogP contribution in [0.2, 0.25) is 0 Å². The number of benzene rings is 1. The van der Waals surface area contributed by atoms with E-state index in [0.29, 0.717) is 12.0 Å². The summed E-state index contributed by atoms with van der Waals surface area (Å²) in [4.78, 5) is 0. The highest BCUT2D eigenvalue weighted by molar-refractivity contribution is 9.09. The average molecular weight is 311 g/mol. The van der Waals surface area contributed by atoms with E-state index in [1.165, 1.54) is 24.0 Å². The number of aryl methyl sites for hydroxylation is 1. The Labute approximate surface area is 119 Å². The van der Waals surface area contributed by atoms with Crippen molar-refractivity contribution in [2.75, 3.05) is 5.33 Å². The molecule has 100 valence electrons. The Morgan fingerprint density at radius 1 is 1.33 bits per heavy atom.